The number of thiophene rings is 1. The molecule has 0 aliphatic carbocycles. The lowest BCUT2D eigenvalue weighted by atomic mass is 9.86. The van der Waals surface area contributed by atoms with Gasteiger partial charge < -0.3 is 19.8 Å². The normalized spacial score (nSPS) is 18.0. The van der Waals surface area contributed by atoms with Gasteiger partial charge in [-0.05, 0) is 11.4 Å². The summed E-state index contributed by atoms with van der Waals surface area (Å²) in [7, 11) is 1.31. The zero-order valence-corrected chi connectivity index (χ0v) is 16.0. The van der Waals surface area contributed by atoms with Crippen molar-refractivity contribution in [3.05, 3.63) is 22.4 Å². The molecule has 2 aliphatic rings. The number of oxime groups is 1. The lowest BCUT2D eigenvalue weighted by Gasteiger charge is -2.37. The summed E-state index contributed by atoms with van der Waals surface area (Å²) >= 11 is 1.59. The summed E-state index contributed by atoms with van der Waals surface area (Å²) in [5.41, 5.74) is -0.105. The van der Waals surface area contributed by atoms with Crippen molar-refractivity contribution in [2.24, 2.45) is 5.16 Å². The molecule has 0 atom stereocenters. The molecule has 1 N–H and O–H groups in total. The molecule has 3 heterocycles. The number of carbonyl (C=O) groups excluding carboxylic acids is 3. The lowest BCUT2D eigenvalue weighted by Crippen LogP contribution is -2.47. The standard InChI is InChI=1S/C18H23N3O5S/c1-25-16(23)5-4-15(22)21-8-6-18(7-9-21)11-14(20-26-18)17(24)19-12-13-3-2-10-27-13/h2-3,10H,4-9,11-12H2,1H3,(H,19,24). The van der Waals surface area contributed by atoms with Gasteiger partial charge in [0.15, 0.2) is 0 Å². The van der Waals surface area contributed by atoms with Crippen LogP contribution < -0.4 is 5.32 Å². The Balaban J connectivity index is 1.43. The first-order chi connectivity index (χ1) is 13.0. The Morgan fingerprint density at radius 1 is 1.33 bits per heavy atom. The average Bonchev–Trinajstić information content (AvgIpc) is 3.35. The van der Waals surface area contributed by atoms with Gasteiger partial charge in [0, 0.05) is 43.6 Å². The number of ether oxygens (including phenoxy) is 1. The van der Waals surface area contributed by atoms with Gasteiger partial charge in [-0.1, -0.05) is 11.2 Å². The van der Waals surface area contributed by atoms with Gasteiger partial charge in [-0.3, -0.25) is 14.4 Å². The van der Waals surface area contributed by atoms with E-state index in [-0.39, 0.29) is 30.6 Å². The second-order valence-corrected chi connectivity index (χ2v) is 7.74. The molecule has 2 aliphatic heterocycles. The molecule has 3 rings (SSSR count). The summed E-state index contributed by atoms with van der Waals surface area (Å²) < 4.78 is 4.56. The van der Waals surface area contributed by atoms with Crippen LogP contribution in [0.15, 0.2) is 22.7 Å². The van der Waals surface area contributed by atoms with Gasteiger partial charge in [0.25, 0.3) is 5.91 Å². The second-order valence-electron chi connectivity index (χ2n) is 6.71. The molecule has 1 saturated heterocycles. The number of methoxy groups -OCH3 is 1. The summed E-state index contributed by atoms with van der Waals surface area (Å²) in [5.74, 6) is -0.664. The van der Waals surface area contributed by atoms with E-state index in [0.29, 0.717) is 44.6 Å². The van der Waals surface area contributed by atoms with E-state index in [0.717, 1.165) is 4.88 Å². The van der Waals surface area contributed by atoms with E-state index in [1.165, 1.54) is 7.11 Å². The van der Waals surface area contributed by atoms with Gasteiger partial charge in [-0.2, -0.15) is 0 Å². The van der Waals surface area contributed by atoms with Gasteiger partial charge >= 0.3 is 5.97 Å². The molecular weight excluding hydrogens is 370 g/mol. The number of rotatable bonds is 6. The van der Waals surface area contributed by atoms with Crippen LogP contribution in [0.4, 0.5) is 0 Å². The number of hydrogen-bond acceptors (Lipinski definition) is 7. The van der Waals surface area contributed by atoms with Crippen molar-refractivity contribution >= 4 is 34.8 Å². The first-order valence-electron chi connectivity index (χ1n) is 8.91. The van der Waals surface area contributed by atoms with Crippen molar-refractivity contribution in [3.63, 3.8) is 0 Å². The summed E-state index contributed by atoms with van der Waals surface area (Å²) in [6.45, 7) is 1.53. The van der Waals surface area contributed by atoms with E-state index in [1.54, 1.807) is 16.2 Å². The predicted octanol–water partition coefficient (Wildman–Crippen LogP) is 1.45. The predicted molar refractivity (Wildman–Crippen MR) is 99.1 cm³/mol. The van der Waals surface area contributed by atoms with Crippen molar-refractivity contribution in [1.82, 2.24) is 10.2 Å². The molecule has 0 aromatic carbocycles. The Morgan fingerprint density at radius 3 is 2.78 bits per heavy atom. The number of likely N-dealkylation sites (tertiary alicyclic amines) is 1. The Kier molecular flexibility index (Phi) is 6.10. The van der Waals surface area contributed by atoms with Crippen LogP contribution in [-0.4, -0.2) is 54.2 Å². The minimum absolute atomic E-state index is 0.0666. The fourth-order valence-corrected chi connectivity index (χ4v) is 3.87. The quantitative estimate of drug-likeness (QED) is 0.738. The third kappa shape index (κ3) is 4.85. The number of nitrogens with zero attached hydrogens (tertiary/aromatic N) is 2. The molecular formula is C18H23N3O5S. The maximum absolute atomic E-state index is 12.3. The Morgan fingerprint density at radius 2 is 2.11 bits per heavy atom. The zero-order valence-electron chi connectivity index (χ0n) is 15.2. The van der Waals surface area contributed by atoms with Crippen LogP contribution in [0.3, 0.4) is 0 Å². The van der Waals surface area contributed by atoms with E-state index >= 15 is 0 Å². The Hall–Kier alpha value is -2.42. The summed E-state index contributed by atoms with van der Waals surface area (Å²) in [4.78, 5) is 44.1. The largest absolute Gasteiger partial charge is 0.469 e. The Labute approximate surface area is 161 Å². The van der Waals surface area contributed by atoms with Crippen molar-refractivity contribution in [2.45, 2.75) is 44.2 Å². The van der Waals surface area contributed by atoms with Crippen molar-refractivity contribution < 1.29 is 24.0 Å². The number of hydrogen-bond donors (Lipinski definition) is 1. The van der Waals surface area contributed by atoms with Gasteiger partial charge in [0.1, 0.15) is 11.3 Å². The summed E-state index contributed by atoms with van der Waals surface area (Å²) in [6.07, 6.45) is 1.91. The van der Waals surface area contributed by atoms with Crippen LogP contribution in [0.2, 0.25) is 0 Å². The van der Waals surface area contributed by atoms with Crippen LogP contribution in [-0.2, 0) is 30.5 Å². The Bertz CT molecular complexity index is 723. The summed E-state index contributed by atoms with van der Waals surface area (Å²) in [5, 5.41) is 8.82. The van der Waals surface area contributed by atoms with Gasteiger partial charge in [-0.15, -0.1) is 11.3 Å². The van der Waals surface area contributed by atoms with E-state index in [2.05, 4.69) is 15.2 Å². The van der Waals surface area contributed by atoms with Crippen molar-refractivity contribution in [2.75, 3.05) is 20.2 Å². The maximum atomic E-state index is 12.3. The number of carbonyl (C=O) groups is 3. The molecule has 0 radical (unpaired) electrons. The number of amides is 2. The van der Waals surface area contributed by atoms with E-state index < -0.39 is 5.60 Å². The molecule has 0 saturated carbocycles. The van der Waals surface area contributed by atoms with Crippen LogP contribution >= 0.6 is 11.3 Å². The molecule has 2 amide bonds. The minimum Gasteiger partial charge on any atom is -0.469 e. The van der Waals surface area contributed by atoms with Crippen LogP contribution in [0.25, 0.3) is 0 Å². The molecule has 8 nitrogen and oxygen atoms in total. The van der Waals surface area contributed by atoms with E-state index in [4.69, 9.17) is 4.84 Å². The monoisotopic (exact) mass is 393 g/mol. The SMILES string of the molecule is COC(=O)CCC(=O)N1CCC2(CC1)CC(C(=O)NCc1cccs1)=NO2. The van der Waals surface area contributed by atoms with Gasteiger partial charge in [-0.25, -0.2) is 0 Å². The maximum Gasteiger partial charge on any atom is 0.306 e. The smallest absolute Gasteiger partial charge is 0.306 e. The average molecular weight is 393 g/mol. The van der Waals surface area contributed by atoms with Gasteiger partial charge in [0.05, 0.1) is 20.1 Å². The fraction of sp³-hybridized carbons (Fsp3) is 0.556. The molecule has 27 heavy (non-hydrogen) atoms. The number of esters is 1. The topological polar surface area (TPSA) is 97.3 Å². The number of piperidine rings is 1. The highest BCUT2D eigenvalue weighted by Gasteiger charge is 2.44. The third-order valence-electron chi connectivity index (χ3n) is 4.90. The lowest BCUT2D eigenvalue weighted by molar-refractivity contribution is -0.145. The minimum atomic E-state index is -0.505. The molecule has 1 aromatic rings. The highest BCUT2D eigenvalue weighted by atomic mass is 32.1. The van der Waals surface area contributed by atoms with Crippen molar-refractivity contribution in [3.8, 4) is 0 Å². The molecule has 146 valence electrons. The highest BCUT2D eigenvalue weighted by molar-refractivity contribution is 7.09. The van der Waals surface area contributed by atoms with Crippen LogP contribution in [0.1, 0.15) is 37.0 Å². The zero-order chi connectivity index (χ0) is 19.3. The second kappa shape index (κ2) is 8.51. The molecule has 0 bridgehead atoms. The molecule has 1 aromatic heterocycles. The van der Waals surface area contributed by atoms with Crippen LogP contribution in [0.5, 0.6) is 0 Å². The summed E-state index contributed by atoms with van der Waals surface area (Å²) in [6, 6.07) is 3.91. The molecule has 1 fully saturated rings. The number of nitrogens with one attached hydrogen (secondary N) is 1. The van der Waals surface area contributed by atoms with E-state index in [9.17, 15) is 14.4 Å². The third-order valence-corrected chi connectivity index (χ3v) is 5.78. The molecule has 0 unspecified atom stereocenters. The first kappa shape index (κ1) is 19.3. The van der Waals surface area contributed by atoms with Crippen molar-refractivity contribution in [1.29, 1.82) is 0 Å². The van der Waals surface area contributed by atoms with Gasteiger partial charge in [0.2, 0.25) is 5.91 Å². The fourth-order valence-electron chi connectivity index (χ4n) is 3.23. The highest BCUT2D eigenvalue weighted by Crippen LogP contribution is 2.34. The van der Waals surface area contributed by atoms with Crippen LogP contribution in [0, 0.1) is 0 Å². The first-order valence-corrected chi connectivity index (χ1v) is 9.79. The van der Waals surface area contributed by atoms with E-state index in [1.807, 2.05) is 17.5 Å². The molecule has 1 spiro atoms. The molecule has 9 heteroatoms.